The fourth-order valence-corrected chi connectivity index (χ4v) is 4.82. The molecule has 0 spiro atoms. The minimum Gasteiger partial charge on any atom is -0.378 e. The maximum atomic E-state index is 5.71. The molecular formula is C19H27NO. The van der Waals surface area contributed by atoms with Gasteiger partial charge in [-0.2, -0.15) is 0 Å². The zero-order valence-electron chi connectivity index (χ0n) is 13.1. The molecule has 0 aromatic heterocycles. The van der Waals surface area contributed by atoms with Crippen LogP contribution in [0.1, 0.15) is 37.3 Å². The van der Waals surface area contributed by atoms with E-state index in [2.05, 4.69) is 36.5 Å². The van der Waals surface area contributed by atoms with Crippen molar-refractivity contribution in [2.24, 2.45) is 17.8 Å². The fourth-order valence-electron chi connectivity index (χ4n) is 4.82. The van der Waals surface area contributed by atoms with E-state index < -0.39 is 0 Å². The molecule has 2 aliphatic carbocycles. The number of hydrogen-bond acceptors (Lipinski definition) is 2. The summed E-state index contributed by atoms with van der Waals surface area (Å²) in [4.78, 5) is 0. The van der Waals surface area contributed by atoms with Crippen LogP contribution in [0.5, 0.6) is 0 Å². The van der Waals surface area contributed by atoms with Crippen LogP contribution in [0, 0.1) is 17.8 Å². The van der Waals surface area contributed by atoms with Crippen LogP contribution in [-0.4, -0.2) is 25.3 Å². The van der Waals surface area contributed by atoms with Gasteiger partial charge in [-0.15, -0.1) is 0 Å². The molecule has 2 heteroatoms. The highest BCUT2D eigenvalue weighted by atomic mass is 16.5. The van der Waals surface area contributed by atoms with Crippen molar-refractivity contribution in [1.82, 2.24) is 5.32 Å². The standard InChI is InChI=1S/C19H27NO/c1-13-18(8-9-21-13)12-20-19-16-6-7-17(19)11-15-5-3-2-4-14(15)10-16/h2-5,13,16-20H,6-12H2,1H3. The van der Waals surface area contributed by atoms with Crippen molar-refractivity contribution in [3.63, 3.8) is 0 Å². The Morgan fingerprint density at radius 1 is 1.05 bits per heavy atom. The zero-order valence-corrected chi connectivity index (χ0v) is 13.1. The number of rotatable bonds is 3. The molecule has 3 aliphatic rings. The third-order valence-corrected chi connectivity index (χ3v) is 6.16. The second kappa shape index (κ2) is 5.73. The molecule has 2 fully saturated rings. The molecule has 1 heterocycles. The van der Waals surface area contributed by atoms with E-state index in [0.29, 0.717) is 6.10 Å². The van der Waals surface area contributed by atoms with E-state index in [-0.39, 0.29) is 0 Å². The van der Waals surface area contributed by atoms with E-state index in [1.165, 1.54) is 32.1 Å². The molecule has 1 N–H and O–H groups in total. The largest absolute Gasteiger partial charge is 0.378 e. The van der Waals surface area contributed by atoms with Gasteiger partial charge in [0.2, 0.25) is 0 Å². The lowest BCUT2D eigenvalue weighted by molar-refractivity contribution is 0.104. The van der Waals surface area contributed by atoms with E-state index in [9.17, 15) is 0 Å². The average Bonchev–Trinajstić information content (AvgIpc) is 2.99. The minimum atomic E-state index is 0.443. The quantitative estimate of drug-likeness (QED) is 0.921. The van der Waals surface area contributed by atoms with Crippen LogP contribution >= 0.6 is 0 Å². The number of ether oxygens (including phenoxy) is 1. The van der Waals surface area contributed by atoms with Crippen LogP contribution in [0.4, 0.5) is 0 Å². The molecule has 114 valence electrons. The molecule has 1 aromatic carbocycles. The van der Waals surface area contributed by atoms with Crippen LogP contribution in [0.3, 0.4) is 0 Å². The van der Waals surface area contributed by atoms with Crippen molar-refractivity contribution in [2.75, 3.05) is 13.2 Å². The van der Waals surface area contributed by atoms with Crippen LogP contribution in [0.25, 0.3) is 0 Å². The molecule has 21 heavy (non-hydrogen) atoms. The van der Waals surface area contributed by atoms with Crippen molar-refractivity contribution in [3.8, 4) is 0 Å². The first-order valence-corrected chi connectivity index (χ1v) is 8.73. The first-order valence-electron chi connectivity index (χ1n) is 8.73. The molecule has 1 saturated heterocycles. The van der Waals surface area contributed by atoms with Gasteiger partial charge in [0.1, 0.15) is 0 Å². The minimum absolute atomic E-state index is 0.443. The van der Waals surface area contributed by atoms with Gasteiger partial charge in [0.15, 0.2) is 0 Å². The Morgan fingerprint density at radius 3 is 2.29 bits per heavy atom. The van der Waals surface area contributed by atoms with Crippen molar-refractivity contribution in [3.05, 3.63) is 35.4 Å². The molecular weight excluding hydrogens is 258 g/mol. The highest BCUT2D eigenvalue weighted by Gasteiger charge is 2.39. The maximum absolute atomic E-state index is 5.71. The second-order valence-corrected chi connectivity index (χ2v) is 7.33. The third-order valence-electron chi connectivity index (χ3n) is 6.16. The van der Waals surface area contributed by atoms with Gasteiger partial charge in [0, 0.05) is 19.2 Å². The maximum Gasteiger partial charge on any atom is 0.0588 e. The van der Waals surface area contributed by atoms with Gasteiger partial charge in [0.25, 0.3) is 0 Å². The van der Waals surface area contributed by atoms with Gasteiger partial charge in [0.05, 0.1) is 6.10 Å². The lowest BCUT2D eigenvalue weighted by atomic mass is 9.94. The number of benzene rings is 1. The summed E-state index contributed by atoms with van der Waals surface area (Å²) in [6.45, 7) is 4.34. The first kappa shape index (κ1) is 13.8. The Hall–Kier alpha value is -0.860. The normalized spacial score (nSPS) is 38.2. The Labute approximate surface area is 128 Å². The van der Waals surface area contributed by atoms with Crippen LogP contribution < -0.4 is 5.32 Å². The van der Waals surface area contributed by atoms with E-state index in [4.69, 9.17) is 4.74 Å². The van der Waals surface area contributed by atoms with E-state index in [0.717, 1.165) is 36.9 Å². The molecule has 4 unspecified atom stereocenters. The zero-order chi connectivity index (χ0) is 14.2. The summed E-state index contributed by atoms with van der Waals surface area (Å²) < 4.78 is 5.71. The van der Waals surface area contributed by atoms with Crippen LogP contribution in [0.2, 0.25) is 0 Å². The molecule has 4 atom stereocenters. The van der Waals surface area contributed by atoms with Gasteiger partial charge < -0.3 is 10.1 Å². The summed E-state index contributed by atoms with van der Waals surface area (Å²) in [5, 5.41) is 3.95. The van der Waals surface area contributed by atoms with Crippen LogP contribution in [-0.2, 0) is 17.6 Å². The average molecular weight is 285 g/mol. The van der Waals surface area contributed by atoms with Crippen molar-refractivity contribution in [2.45, 2.75) is 51.2 Å². The molecule has 1 aromatic rings. The lowest BCUT2D eigenvalue weighted by Gasteiger charge is -2.26. The van der Waals surface area contributed by atoms with Crippen molar-refractivity contribution < 1.29 is 4.74 Å². The molecule has 4 rings (SSSR count). The number of hydrogen-bond donors (Lipinski definition) is 1. The van der Waals surface area contributed by atoms with Crippen LogP contribution in [0.15, 0.2) is 24.3 Å². The number of fused-ring (bicyclic) bond motifs is 3. The molecule has 0 amide bonds. The molecule has 1 aliphatic heterocycles. The Morgan fingerprint density at radius 2 is 1.71 bits per heavy atom. The van der Waals surface area contributed by atoms with Gasteiger partial charge >= 0.3 is 0 Å². The second-order valence-electron chi connectivity index (χ2n) is 7.33. The molecule has 2 nitrogen and oxygen atoms in total. The summed E-state index contributed by atoms with van der Waals surface area (Å²) in [6, 6.07) is 9.83. The summed E-state index contributed by atoms with van der Waals surface area (Å²) >= 11 is 0. The van der Waals surface area contributed by atoms with Gasteiger partial charge in [-0.1, -0.05) is 24.3 Å². The predicted molar refractivity (Wildman–Crippen MR) is 85.4 cm³/mol. The molecule has 2 bridgehead atoms. The monoisotopic (exact) mass is 285 g/mol. The molecule has 1 saturated carbocycles. The van der Waals surface area contributed by atoms with E-state index >= 15 is 0 Å². The smallest absolute Gasteiger partial charge is 0.0588 e. The molecule has 0 radical (unpaired) electrons. The van der Waals surface area contributed by atoms with E-state index in [1.807, 2.05) is 0 Å². The van der Waals surface area contributed by atoms with Gasteiger partial charge in [-0.25, -0.2) is 0 Å². The fraction of sp³-hybridized carbons (Fsp3) is 0.684. The third kappa shape index (κ3) is 2.64. The van der Waals surface area contributed by atoms with Crippen molar-refractivity contribution >= 4 is 0 Å². The lowest BCUT2D eigenvalue weighted by Crippen LogP contribution is -2.41. The highest BCUT2D eigenvalue weighted by Crippen LogP contribution is 2.40. The Kier molecular flexibility index (Phi) is 3.76. The summed E-state index contributed by atoms with van der Waals surface area (Å²) in [5.41, 5.74) is 3.21. The summed E-state index contributed by atoms with van der Waals surface area (Å²) in [6.07, 6.45) is 7.05. The highest BCUT2D eigenvalue weighted by molar-refractivity contribution is 5.30. The predicted octanol–water partition coefficient (Wildman–Crippen LogP) is 3.19. The Bertz CT molecular complexity index is 467. The summed E-state index contributed by atoms with van der Waals surface area (Å²) in [5.74, 6) is 2.41. The Balaban J connectivity index is 1.45. The first-order chi connectivity index (χ1) is 10.3. The topological polar surface area (TPSA) is 21.3 Å². The van der Waals surface area contributed by atoms with Gasteiger partial charge in [-0.05, 0) is 67.9 Å². The summed E-state index contributed by atoms with van der Waals surface area (Å²) in [7, 11) is 0. The number of nitrogens with one attached hydrogen (secondary N) is 1. The SMILES string of the molecule is CC1OCCC1CNC1C2CCC1Cc1ccccc1C2. The van der Waals surface area contributed by atoms with E-state index in [1.54, 1.807) is 11.1 Å². The van der Waals surface area contributed by atoms with Gasteiger partial charge in [-0.3, -0.25) is 0 Å². The van der Waals surface area contributed by atoms with Crippen molar-refractivity contribution in [1.29, 1.82) is 0 Å².